The van der Waals surface area contributed by atoms with Gasteiger partial charge < -0.3 is 0 Å². The Kier molecular flexibility index (Phi) is 4.13. The van der Waals surface area contributed by atoms with Gasteiger partial charge in [-0.1, -0.05) is 28.9 Å². The van der Waals surface area contributed by atoms with Crippen molar-refractivity contribution in [1.82, 2.24) is 24.5 Å². The minimum absolute atomic E-state index is 0.00872. The summed E-state index contributed by atoms with van der Waals surface area (Å²) < 4.78 is 2.84. The van der Waals surface area contributed by atoms with Crippen LogP contribution in [-0.4, -0.2) is 29.5 Å². The van der Waals surface area contributed by atoms with Crippen molar-refractivity contribution in [2.24, 2.45) is 0 Å². The summed E-state index contributed by atoms with van der Waals surface area (Å²) in [7, 11) is 0. The molecule has 0 N–H and O–H groups in total. The Morgan fingerprint density at radius 3 is 2.44 bits per heavy atom. The standard InChI is InChI=1S/C17H11ClN6O3/c18-12-3-7-13(8-4-12)23-16-15(20-21-23)17(25)22(10-19-16)9-11-1-5-14(6-2-11)24(26)27/h1-8,10H,9H2. The van der Waals surface area contributed by atoms with E-state index in [1.54, 1.807) is 36.4 Å². The molecule has 0 fully saturated rings. The molecule has 0 aliphatic rings. The van der Waals surface area contributed by atoms with Crippen LogP contribution in [0.4, 0.5) is 5.69 Å². The van der Waals surface area contributed by atoms with Gasteiger partial charge in [0.15, 0.2) is 11.2 Å². The van der Waals surface area contributed by atoms with Crippen LogP contribution in [0.1, 0.15) is 5.56 Å². The Hall–Kier alpha value is -3.59. The molecule has 0 unspecified atom stereocenters. The highest BCUT2D eigenvalue weighted by Gasteiger charge is 2.14. The SMILES string of the molecule is O=c1c2nnn(-c3ccc(Cl)cc3)c2ncn1Cc1ccc([N+](=O)[O-])cc1. The lowest BCUT2D eigenvalue weighted by molar-refractivity contribution is -0.384. The molecule has 9 nitrogen and oxygen atoms in total. The lowest BCUT2D eigenvalue weighted by atomic mass is 10.2. The number of hydrogen-bond donors (Lipinski definition) is 0. The summed E-state index contributed by atoms with van der Waals surface area (Å²) in [6, 6.07) is 12.9. The molecule has 0 radical (unpaired) electrons. The van der Waals surface area contributed by atoms with Crippen molar-refractivity contribution in [2.45, 2.75) is 6.54 Å². The van der Waals surface area contributed by atoms with Crippen molar-refractivity contribution in [1.29, 1.82) is 0 Å². The first-order chi connectivity index (χ1) is 13.0. The van der Waals surface area contributed by atoms with E-state index in [9.17, 15) is 14.9 Å². The van der Waals surface area contributed by atoms with Crippen LogP contribution < -0.4 is 5.56 Å². The van der Waals surface area contributed by atoms with E-state index in [4.69, 9.17) is 11.6 Å². The monoisotopic (exact) mass is 382 g/mol. The van der Waals surface area contributed by atoms with Gasteiger partial charge in [-0.05, 0) is 29.8 Å². The molecule has 0 saturated carbocycles. The summed E-state index contributed by atoms with van der Waals surface area (Å²) in [5, 5.41) is 19.3. The average Bonchev–Trinajstić information content (AvgIpc) is 3.10. The van der Waals surface area contributed by atoms with Gasteiger partial charge in [-0.2, -0.15) is 4.68 Å². The van der Waals surface area contributed by atoms with Gasteiger partial charge in [0, 0.05) is 17.2 Å². The number of rotatable bonds is 4. The molecule has 4 aromatic rings. The molecule has 4 rings (SSSR count). The molecule has 2 heterocycles. The summed E-state index contributed by atoms with van der Waals surface area (Å²) in [5.41, 5.74) is 1.52. The third-order valence-corrected chi connectivity index (χ3v) is 4.25. The van der Waals surface area contributed by atoms with Crippen LogP contribution in [0.5, 0.6) is 0 Å². The maximum atomic E-state index is 12.7. The number of nitrogens with zero attached hydrogens (tertiary/aromatic N) is 6. The number of nitro benzene ring substituents is 1. The Morgan fingerprint density at radius 1 is 1.07 bits per heavy atom. The third-order valence-electron chi connectivity index (χ3n) is 4.00. The summed E-state index contributed by atoms with van der Waals surface area (Å²) in [5.74, 6) is 0. The van der Waals surface area contributed by atoms with Crippen LogP contribution in [0.2, 0.25) is 5.02 Å². The highest BCUT2D eigenvalue weighted by Crippen LogP contribution is 2.16. The smallest absolute Gasteiger partial charge is 0.283 e. The summed E-state index contributed by atoms with van der Waals surface area (Å²) >= 11 is 5.89. The van der Waals surface area contributed by atoms with Gasteiger partial charge in [0.25, 0.3) is 11.2 Å². The number of nitro groups is 1. The number of hydrogen-bond acceptors (Lipinski definition) is 6. The van der Waals surface area contributed by atoms with E-state index >= 15 is 0 Å². The maximum absolute atomic E-state index is 12.7. The second-order valence-corrected chi connectivity index (χ2v) is 6.19. The third kappa shape index (κ3) is 3.15. The van der Waals surface area contributed by atoms with Crippen molar-refractivity contribution in [3.8, 4) is 5.69 Å². The summed E-state index contributed by atoms with van der Waals surface area (Å²) in [6.45, 7) is 0.216. The fourth-order valence-corrected chi connectivity index (χ4v) is 2.76. The molecule has 0 aliphatic heterocycles. The highest BCUT2D eigenvalue weighted by atomic mass is 35.5. The summed E-state index contributed by atoms with van der Waals surface area (Å²) in [4.78, 5) is 27.2. The fraction of sp³-hybridized carbons (Fsp3) is 0.0588. The quantitative estimate of drug-likeness (QED) is 0.396. The number of aromatic nitrogens is 5. The number of halogens is 1. The zero-order valence-electron chi connectivity index (χ0n) is 13.7. The predicted octanol–water partition coefficient (Wildman–Crippen LogP) is 2.59. The molecule has 0 amide bonds. The van der Waals surface area contributed by atoms with E-state index in [0.717, 1.165) is 5.56 Å². The number of benzene rings is 2. The van der Waals surface area contributed by atoms with E-state index in [0.29, 0.717) is 16.4 Å². The highest BCUT2D eigenvalue weighted by molar-refractivity contribution is 6.30. The molecule has 27 heavy (non-hydrogen) atoms. The van der Waals surface area contributed by atoms with Crippen LogP contribution >= 0.6 is 11.6 Å². The van der Waals surface area contributed by atoms with E-state index in [1.807, 2.05) is 0 Å². The first-order valence-electron chi connectivity index (χ1n) is 7.83. The molecule has 134 valence electrons. The van der Waals surface area contributed by atoms with Gasteiger partial charge in [-0.25, -0.2) is 4.98 Å². The maximum Gasteiger partial charge on any atom is 0.283 e. The lowest BCUT2D eigenvalue weighted by Crippen LogP contribution is -2.21. The van der Waals surface area contributed by atoms with Gasteiger partial charge in [-0.15, -0.1) is 5.10 Å². The molecular formula is C17H11ClN6O3. The Balaban J connectivity index is 1.70. The van der Waals surface area contributed by atoms with Gasteiger partial charge in [0.05, 0.1) is 17.2 Å². The molecule has 0 saturated heterocycles. The first-order valence-corrected chi connectivity index (χ1v) is 8.21. The van der Waals surface area contributed by atoms with E-state index in [2.05, 4.69) is 15.3 Å². The number of fused-ring (bicyclic) bond motifs is 1. The van der Waals surface area contributed by atoms with Crippen LogP contribution in [-0.2, 0) is 6.54 Å². The first kappa shape index (κ1) is 16.9. The van der Waals surface area contributed by atoms with Gasteiger partial charge >= 0.3 is 0 Å². The molecule has 0 bridgehead atoms. The molecule has 2 aromatic carbocycles. The van der Waals surface area contributed by atoms with Crippen molar-refractivity contribution in [3.05, 3.63) is 85.9 Å². The largest absolute Gasteiger partial charge is 0.293 e. The Bertz CT molecular complexity index is 1200. The zero-order chi connectivity index (χ0) is 19.0. The second-order valence-electron chi connectivity index (χ2n) is 5.75. The minimum Gasteiger partial charge on any atom is -0.293 e. The number of non-ortho nitro benzene ring substituents is 1. The van der Waals surface area contributed by atoms with Crippen LogP contribution in [0.15, 0.2) is 59.7 Å². The second kappa shape index (κ2) is 6.61. The van der Waals surface area contributed by atoms with E-state index in [1.165, 1.54) is 27.7 Å². The zero-order valence-corrected chi connectivity index (χ0v) is 14.4. The molecule has 0 spiro atoms. The van der Waals surface area contributed by atoms with Crippen LogP contribution in [0.3, 0.4) is 0 Å². The topological polar surface area (TPSA) is 109 Å². The average molecular weight is 383 g/mol. The fourth-order valence-electron chi connectivity index (χ4n) is 2.63. The predicted molar refractivity (Wildman–Crippen MR) is 98.1 cm³/mol. The molecular weight excluding hydrogens is 372 g/mol. The normalized spacial score (nSPS) is 11.0. The summed E-state index contributed by atoms with van der Waals surface area (Å²) in [6.07, 6.45) is 1.40. The molecule has 10 heteroatoms. The van der Waals surface area contributed by atoms with Gasteiger partial charge in [0.1, 0.15) is 6.33 Å². The molecule has 2 aromatic heterocycles. The molecule has 0 atom stereocenters. The van der Waals surface area contributed by atoms with Crippen molar-refractivity contribution >= 4 is 28.5 Å². The van der Waals surface area contributed by atoms with Crippen molar-refractivity contribution < 1.29 is 4.92 Å². The lowest BCUT2D eigenvalue weighted by Gasteiger charge is -2.06. The van der Waals surface area contributed by atoms with E-state index in [-0.39, 0.29) is 23.3 Å². The van der Waals surface area contributed by atoms with Crippen molar-refractivity contribution in [2.75, 3.05) is 0 Å². The van der Waals surface area contributed by atoms with Crippen molar-refractivity contribution in [3.63, 3.8) is 0 Å². The Morgan fingerprint density at radius 2 is 1.78 bits per heavy atom. The van der Waals surface area contributed by atoms with E-state index < -0.39 is 4.92 Å². The Labute approximate surface area is 156 Å². The van der Waals surface area contributed by atoms with Gasteiger partial charge in [0.2, 0.25) is 0 Å². The molecule has 0 aliphatic carbocycles. The minimum atomic E-state index is -0.474. The van der Waals surface area contributed by atoms with Crippen LogP contribution in [0.25, 0.3) is 16.9 Å². The van der Waals surface area contributed by atoms with Gasteiger partial charge in [-0.3, -0.25) is 19.5 Å². The van der Waals surface area contributed by atoms with Crippen LogP contribution in [0, 0.1) is 10.1 Å².